The van der Waals surface area contributed by atoms with Crippen LogP contribution in [0.2, 0.25) is 0 Å². The number of para-hydroxylation sites is 2. The first kappa shape index (κ1) is 11.0. The minimum atomic E-state index is 1.000. The minimum absolute atomic E-state index is 1.000. The van der Waals surface area contributed by atoms with E-state index in [4.69, 9.17) is 5.26 Å². The van der Waals surface area contributed by atoms with Crippen LogP contribution in [0.25, 0.3) is 33.4 Å². The molecule has 0 atom stereocenters. The highest BCUT2D eigenvalue weighted by molar-refractivity contribution is 6.01. The molecular weight excluding hydrogens is 246 g/mol. The topological polar surface area (TPSA) is 32.1 Å². The van der Waals surface area contributed by atoms with Crippen LogP contribution in [0.1, 0.15) is 0 Å². The summed E-state index contributed by atoms with van der Waals surface area (Å²) in [4.78, 5) is 0. The number of nitriles is 1. The number of hydrogen-bond acceptors (Lipinski definition) is 1. The third-order valence-corrected chi connectivity index (χ3v) is 3.91. The number of rotatable bonds is 0. The van der Waals surface area contributed by atoms with Gasteiger partial charge in [0.25, 0.3) is 0 Å². The first-order chi connectivity index (χ1) is 9.83. The van der Waals surface area contributed by atoms with E-state index in [2.05, 4.69) is 46.6 Å². The second-order valence-electron chi connectivity index (χ2n) is 4.91. The second kappa shape index (κ2) is 3.82. The van der Waals surface area contributed by atoms with Crippen LogP contribution in [0, 0.1) is 11.3 Å². The van der Waals surface area contributed by atoms with Crippen molar-refractivity contribution in [1.82, 2.24) is 4.52 Å². The predicted octanol–water partition coefficient (Wildman–Crippen LogP) is 2.09. The van der Waals surface area contributed by atoms with Crippen molar-refractivity contribution < 1.29 is 4.68 Å². The maximum atomic E-state index is 9.11. The zero-order valence-electron chi connectivity index (χ0n) is 11.0. The van der Waals surface area contributed by atoms with E-state index in [9.17, 15) is 0 Å². The Morgan fingerprint density at radius 3 is 2.55 bits per heavy atom. The van der Waals surface area contributed by atoms with Crippen LogP contribution in [0.4, 0.5) is 0 Å². The molecule has 2 aromatic carbocycles. The molecule has 4 aromatic rings. The number of fused-ring (bicyclic) bond motifs is 5. The average Bonchev–Trinajstić information content (AvgIpc) is 2.96. The van der Waals surface area contributed by atoms with Crippen LogP contribution in [0.5, 0.6) is 0 Å². The number of hydrogen-bond donors (Lipinski definition) is 0. The van der Waals surface area contributed by atoms with Crippen molar-refractivity contribution >= 4 is 33.4 Å². The van der Waals surface area contributed by atoms with Gasteiger partial charge in [-0.3, -0.25) is 0 Å². The number of aryl methyl sites for hydroxylation is 1. The van der Waals surface area contributed by atoms with Gasteiger partial charge in [0.15, 0.2) is 7.05 Å². The lowest BCUT2D eigenvalue weighted by molar-refractivity contribution is -0.711. The Hall–Kier alpha value is -2.86. The van der Waals surface area contributed by atoms with Gasteiger partial charge in [-0.2, -0.15) is 5.26 Å². The molecule has 0 spiro atoms. The molecule has 3 heteroatoms. The van der Waals surface area contributed by atoms with Crippen molar-refractivity contribution in [2.75, 3.05) is 0 Å². The molecule has 4 rings (SSSR count). The molecular formula is C17H12N3+. The summed E-state index contributed by atoms with van der Waals surface area (Å²) in [7, 11) is 2.05. The van der Waals surface area contributed by atoms with Gasteiger partial charge in [0, 0.05) is 22.7 Å². The number of nitrogens with zero attached hydrogens (tertiary/aromatic N) is 3. The van der Waals surface area contributed by atoms with E-state index in [0.29, 0.717) is 0 Å². The molecule has 0 saturated carbocycles. The van der Waals surface area contributed by atoms with E-state index in [1.54, 1.807) is 6.08 Å². The minimum Gasteiger partial charge on any atom is -0.193 e. The number of aromatic nitrogens is 2. The molecule has 94 valence electrons. The van der Waals surface area contributed by atoms with Crippen LogP contribution in [0.15, 0.2) is 48.5 Å². The lowest BCUT2D eigenvalue weighted by Crippen LogP contribution is -2.34. The van der Waals surface area contributed by atoms with E-state index in [1.165, 1.54) is 10.9 Å². The van der Waals surface area contributed by atoms with E-state index >= 15 is 0 Å². The fraction of sp³-hybridized carbons (Fsp3) is 0.0588. The molecule has 0 saturated heterocycles. The predicted molar refractivity (Wildman–Crippen MR) is 78.9 cm³/mol. The molecule has 2 aromatic heterocycles. The first-order valence-electron chi connectivity index (χ1n) is 6.52. The first-order valence-corrected chi connectivity index (χ1v) is 6.52. The molecule has 0 bridgehead atoms. The molecule has 0 radical (unpaired) electrons. The van der Waals surface area contributed by atoms with E-state index in [0.717, 1.165) is 21.6 Å². The van der Waals surface area contributed by atoms with Crippen LogP contribution in [-0.4, -0.2) is 4.52 Å². The van der Waals surface area contributed by atoms with E-state index in [-0.39, 0.29) is 0 Å². The van der Waals surface area contributed by atoms with Crippen molar-refractivity contribution in [1.29, 1.82) is 5.26 Å². The van der Waals surface area contributed by atoms with Gasteiger partial charge in [0.05, 0.1) is 11.5 Å². The SMILES string of the molecule is C[n+]1c2ccccc2c2/c(=C\C#N)c3ccccc3n21. The highest BCUT2D eigenvalue weighted by atomic mass is 15.3. The van der Waals surface area contributed by atoms with Gasteiger partial charge in [-0.1, -0.05) is 30.3 Å². The van der Waals surface area contributed by atoms with Crippen LogP contribution < -0.4 is 9.90 Å². The van der Waals surface area contributed by atoms with E-state index in [1.807, 2.05) is 24.3 Å². The summed E-state index contributed by atoms with van der Waals surface area (Å²) in [5.74, 6) is 0. The molecule has 0 aliphatic heterocycles. The Morgan fingerprint density at radius 1 is 1.05 bits per heavy atom. The molecule has 0 aliphatic carbocycles. The van der Waals surface area contributed by atoms with Gasteiger partial charge >= 0.3 is 0 Å². The van der Waals surface area contributed by atoms with Crippen molar-refractivity contribution in [2.45, 2.75) is 0 Å². The van der Waals surface area contributed by atoms with Crippen molar-refractivity contribution in [3.05, 3.63) is 53.7 Å². The van der Waals surface area contributed by atoms with Gasteiger partial charge in [-0.25, -0.2) is 0 Å². The Kier molecular flexibility index (Phi) is 2.10. The van der Waals surface area contributed by atoms with Crippen LogP contribution in [0.3, 0.4) is 0 Å². The van der Waals surface area contributed by atoms with Gasteiger partial charge < -0.3 is 0 Å². The fourth-order valence-electron chi connectivity index (χ4n) is 3.09. The van der Waals surface area contributed by atoms with Gasteiger partial charge in [-0.15, -0.1) is 9.20 Å². The lowest BCUT2D eigenvalue weighted by atomic mass is 10.1. The Bertz CT molecular complexity index is 1060. The Morgan fingerprint density at radius 2 is 1.75 bits per heavy atom. The largest absolute Gasteiger partial charge is 0.239 e. The molecule has 0 N–H and O–H groups in total. The van der Waals surface area contributed by atoms with Gasteiger partial charge in [0.2, 0.25) is 5.52 Å². The van der Waals surface area contributed by atoms with Crippen molar-refractivity contribution in [2.24, 2.45) is 7.05 Å². The fourth-order valence-corrected chi connectivity index (χ4v) is 3.09. The quantitative estimate of drug-likeness (QED) is 0.444. The standard InChI is InChI=1S/C17H12N3/c1-19-15-8-4-3-7-14(15)17-13(10-11-18)12-6-2-5-9-16(12)20(17)19/h2-10H,1H3/q+1/b13-10-. The molecule has 20 heavy (non-hydrogen) atoms. The lowest BCUT2D eigenvalue weighted by Gasteiger charge is -1.90. The molecule has 0 fully saturated rings. The molecule has 2 heterocycles. The maximum absolute atomic E-state index is 9.11. The van der Waals surface area contributed by atoms with Gasteiger partial charge in [0.1, 0.15) is 11.0 Å². The zero-order chi connectivity index (χ0) is 13.7. The summed E-state index contributed by atoms with van der Waals surface area (Å²) in [5, 5.41) is 12.4. The summed E-state index contributed by atoms with van der Waals surface area (Å²) in [6, 6.07) is 18.7. The second-order valence-corrected chi connectivity index (χ2v) is 4.91. The summed E-state index contributed by atoms with van der Waals surface area (Å²) < 4.78 is 4.32. The Labute approximate surface area is 115 Å². The third-order valence-electron chi connectivity index (χ3n) is 3.91. The van der Waals surface area contributed by atoms with E-state index < -0.39 is 0 Å². The van der Waals surface area contributed by atoms with Crippen LogP contribution >= 0.6 is 0 Å². The van der Waals surface area contributed by atoms with Gasteiger partial charge in [-0.05, 0) is 12.1 Å². The van der Waals surface area contributed by atoms with Crippen molar-refractivity contribution in [3.8, 4) is 6.07 Å². The van der Waals surface area contributed by atoms with Crippen molar-refractivity contribution in [3.63, 3.8) is 0 Å². The maximum Gasteiger partial charge on any atom is 0.239 e. The monoisotopic (exact) mass is 258 g/mol. The smallest absolute Gasteiger partial charge is 0.193 e. The highest BCUT2D eigenvalue weighted by Gasteiger charge is 2.20. The molecule has 0 unspecified atom stereocenters. The summed E-state index contributed by atoms with van der Waals surface area (Å²) in [6.45, 7) is 0. The highest BCUT2D eigenvalue weighted by Crippen LogP contribution is 2.21. The summed E-state index contributed by atoms with van der Waals surface area (Å²) in [5.41, 5.74) is 3.40. The molecule has 3 nitrogen and oxygen atoms in total. The third kappa shape index (κ3) is 1.20. The molecule has 0 aliphatic rings. The molecule has 0 amide bonds. The average molecular weight is 258 g/mol. The summed E-state index contributed by atoms with van der Waals surface area (Å²) >= 11 is 0. The zero-order valence-corrected chi connectivity index (χ0v) is 11.0. The summed E-state index contributed by atoms with van der Waals surface area (Å²) in [6.07, 6.45) is 1.64. The normalized spacial score (nSPS) is 12.5. The van der Waals surface area contributed by atoms with Crippen LogP contribution in [-0.2, 0) is 7.05 Å². The number of benzene rings is 2. The Balaban J connectivity index is 2.48.